The van der Waals surface area contributed by atoms with Crippen molar-refractivity contribution < 1.29 is 13.6 Å². The molecule has 2 aromatic rings. The van der Waals surface area contributed by atoms with Gasteiger partial charge in [0.05, 0.1) is 6.54 Å². The van der Waals surface area contributed by atoms with Crippen LogP contribution in [-0.2, 0) is 23.8 Å². The van der Waals surface area contributed by atoms with Gasteiger partial charge in [-0.2, -0.15) is 8.78 Å². The number of hydrogen-bond acceptors (Lipinski definition) is 4. The van der Waals surface area contributed by atoms with Crippen molar-refractivity contribution in [3.63, 3.8) is 0 Å². The van der Waals surface area contributed by atoms with Gasteiger partial charge >= 0.3 is 5.92 Å². The average molecular weight is 432 g/mol. The van der Waals surface area contributed by atoms with E-state index in [-0.39, 0.29) is 42.0 Å². The molecule has 152 valence electrons. The molecule has 1 fully saturated rings. The molecule has 6 nitrogen and oxygen atoms in total. The molecule has 3 heterocycles. The van der Waals surface area contributed by atoms with Gasteiger partial charge in [-0.05, 0) is 25.0 Å². The lowest BCUT2D eigenvalue weighted by Gasteiger charge is -2.34. The summed E-state index contributed by atoms with van der Waals surface area (Å²) in [6, 6.07) is 5.30. The summed E-state index contributed by atoms with van der Waals surface area (Å²) in [6.45, 7) is 2.92. The molecule has 0 bridgehead atoms. The summed E-state index contributed by atoms with van der Waals surface area (Å²) in [4.78, 5) is 13.7. The first-order valence-electron chi connectivity index (χ1n) is 9.02. The van der Waals surface area contributed by atoms with Crippen LogP contribution in [0, 0.1) is 0 Å². The molecule has 1 N–H and O–H groups in total. The molecule has 28 heavy (non-hydrogen) atoms. The van der Waals surface area contributed by atoms with Gasteiger partial charge < -0.3 is 14.8 Å². The molecule has 0 atom stereocenters. The summed E-state index contributed by atoms with van der Waals surface area (Å²) in [5, 5.41) is 11.9. The Balaban J connectivity index is 0.00000225. The first-order chi connectivity index (χ1) is 13.0. The summed E-state index contributed by atoms with van der Waals surface area (Å²) < 4.78 is 31.4. The Hall–Kier alpha value is -1.77. The van der Waals surface area contributed by atoms with E-state index in [1.54, 1.807) is 0 Å². The molecule has 1 saturated heterocycles. The number of rotatable bonds is 3. The minimum atomic E-state index is -3.59. The molecule has 1 aromatic carbocycles. The van der Waals surface area contributed by atoms with Gasteiger partial charge in [0.2, 0.25) is 0 Å². The monoisotopic (exact) mass is 431 g/mol. The van der Waals surface area contributed by atoms with Gasteiger partial charge in [0.15, 0.2) is 0 Å². The van der Waals surface area contributed by atoms with Crippen LogP contribution in [0.15, 0.2) is 24.3 Å². The van der Waals surface area contributed by atoms with Crippen molar-refractivity contribution in [1.82, 2.24) is 25.0 Å². The quantitative estimate of drug-likeness (QED) is 0.811. The van der Waals surface area contributed by atoms with Crippen molar-refractivity contribution >= 4 is 29.9 Å². The largest absolute Gasteiger partial charge is 0.350 e. The predicted molar refractivity (Wildman–Crippen MR) is 103 cm³/mol. The van der Waals surface area contributed by atoms with Gasteiger partial charge in [0.25, 0.3) is 5.91 Å². The van der Waals surface area contributed by atoms with Crippen LogP contribution >= 0.6 is 24.0 Å². The number of benzene rings is 1. The maximum absolute atomic E-state index is 14.6. The SMILES string of the molecule is Cl.O=C(N1CCC(c2nnc3n2CCNC3)CC1)C(F)(F)c1cccc(Cl)c1. The molecule has 0 aliphatic carbocycles. The normalized spacial score (nSPS) is 17.8. The van der Waals surface area contributed by atoms with Crippen molar-refractivity contribution in [2.45, 2.75) is 37.8 Å². The van der Waals surface area contributed by atoms with Gasteiger partial charge in [0.1, 0.15) is 11.6 Å². The highest BCUT2D eigenvalue weighted by Gasteiger charge is 2.45. The summed E-state index contributed by atoms with van der Waals surface area (Å²) in [5.74, 6) is -2.82. The van der Waals surface area contributed by atoms with Crippen molar-refractivity contribution in [3.05, 3.63) is 46.5 Å². The van der Waals surface area contributed by atoms with E-state index in [4.69, 9.17) is 11.6 Å². The molecule has 10 heteroatoms. The van der Waals surface area contributed by atoms with Crippen molar-refractivity contribution in [3.8, 4) is 0 Å². The Bertz CT molecular complexity index is 852. The third-order valence-corrected chi connectivity index (χ3v) is 5.49. The van der Waals surface area contributed by atoms with E-state index in [1.807, 2.05) is 0 Å². The van der Waals surface area contributed by atoms with Gasteiger partial charge in [-0.15, -0.1) is 22.6 Å². The number of fused-ring (bicyclic) bond motifs is 1. The van der Waals surface area contributed by atoms with Crippen LogP contribution in [0.4, 0.5) is 8.78 Å². The third-order valence-electron chi connectivity index (χ3n) is 5.25. The van der Waals surface area contributed by atoms with Crippen LogP contribution in [0.3, 0.4) is 0 Å². The Kier molecular flexibility index (Phi) is 6.21. The molecule has 2 aliphatic rings. The first-order valence-corrected chi connectivity index (χ1v) is 9.40. The zero-order valence-corrected chi connectivity index (χ0v) is 16.6. The van der Waals surface area contributed by atoms with E-state index in [2.05, 4.69) is 20.1 Å². The molecule has 0 saturated carbocycles. The lowest BCUT2D eigenvalue weighted by atomic mass is 9.95. The standard InChI is InChI=1S/C18H20ClF2N5O.ClH/c19-14-3-1-2-13(10-14)18(20,21)17(27)25-7-4-12(5-8-25)16-24-23-15-11-22-6-9-26(15)16;/h1-3,10,12,22H,4-9,11H2;1H. The minimum absolute atomic E-state index is 0. The molecule has 0 radical (unpaired) electrons. The fraction of sp³-hybridized carbons (Fsp3) is 0.500. The lowest BCUT2D eigenvalue weighted by molar-refractivity contribution is -0.160. The number of hydrogen-bond donors (Lipinski definition) is 1. The van der Waals surface area contributed by atoms with Crippen LogP contribution in [0.25, 0.3) is 0 Å². The number of nitrogens with one attached hydrogen (secondary N) is 1. The molecule has 4 rings (SSSR count). The number of amides is 1. The first kappa shape index (κ1) is 21.0. The summed E-state index contributed by atoms with van der Waals surface area (Å²) in [6.07, 6.45) is 1.20. The second kappa shape index (κ2) is 8.31. The zero-order valence-electron chi connectivity index (χ0n) is 15.1. The molecule has 0 unspecified atom stereocenters. The minimum Gasteiger partial charge on any atom is -0.337 e. The number of alkyl halides is 2. The number of carbonyl (C=O) groups is 1. The predicted octanol–water partition coefficient (Wildman–Crippen LogP) is 2.95. The molecule has 1 aromatic heterocycles. The van der Waals surface area contributed by atoms with Crippen LogP contribution < -0.4 is 5.32 Å². The molecular weight excluding hydrogens is 411 g/mol. The summed E-state index contributed by atoms with van der Waals surface area (Å²) in [5.41, 5.74) is -0.374. The summed E-state index contributed by atoms with van der Waals surface area (Å²) in [7, 11) is 0. The number of nitrogens with zero attached hydrogens (tertiary/aromatic N) is 4. The maximum Gasteiger partial charge on any atom is 0.350 e. The van der Waals surface area contributed by atoms with Crippen molar-refractivity contribution in [1.29, 1.82) is 0 Å². The van der Waals surface area contributed by atoms with E-state index < -0.39 is 11.8 Å². The molecule has 2 aliphatic heterocycles. The van der Waals surface area contributed by atoms with E-state index in [1.165, 1.54) is 23.1 Å². The zero-order chi connectivity index (χ0) is 19.0. The number of likely N-dealkylation sites (tertiary alicyclic amines) is 1. The number of piperidine rings is 1. The van der Waals surface area contributed by atoms with Gasteiger partial charge in [0, 0.05) is 42.7 Å². The highest BCUT2D eigenvalue weighted by molar-refractivity contribution is 6.30. The van der Waals surface area contributed by atoms with Crippen LogP contribution in [-0.4, -0.2) is 45.2 Å². The average Bonchev–Trinajstić information content (AvgIpc) is 3.12. The topological polar surface area (TPSA) is 63.1 Å². The maximum atomic E-state index is 14.6. The number of halogens is 4. The Morgan fingerprint density at radius 2 is 1.96 bits per heavy atom. The number of aromatic nitrogens is 3. The molecule has 0 spiro atoms. The Morgan fingerprint density at radius 1 is 1.21 bits per heavy atom. The lowest BCUT2D eigenvalue weighted by Crippen LogP contribution is -2.45. The van der Waals surface area contributed by atoms with E-state index >= 15 is 0 Å². The van der Waals surface area contributed by atoms with Crippen LogP contribution in [0.5, 0.6) is 0 Å². The van der Waals surface area contributed by atoms with Crippen molar-refractivity contribution in [2.24, 2.45) is 0 Å². The molecule has 1 amide bonds. The van der Waals surface area contributed by atoms with Crippen LogP contribution in [0.2, 0.25) is 5.02 Å². The fourth-order valence-corrected chi connectivity index (χ4v) is 3.95. The fourth-order valence-electron chi connectivity index (χ4n) is 3.76. The van der Waals surface area contributed by atoms with Crippen LogP contribution in [0.1, 0.15) is 36.0 Å². The van der Waals surface area contributed by atoms with E-state index in [9.17, 15) is 13.6 Å². The second-order valence-electron chi connectivity index (χ2n) is 6.95. The number of carbonyl (C=O) groups excluding carboxylic acids is 1. The Morgan fingerprint density at radius 3 is 2.68 bits per heavy atom. The third kappa shape index (κ3) is 3.86. The Labute approximate surface area is 172 Å². The van der Waals surface area contributed by atoms with Crippen molar-refractivity contribution in [2.75, 3.05) is 19.6 Å². The highest BCUT2D eigenvalue weighted by Crippen LogP contribution is 2.35. The smallest absolute Gasteiger partial charge is 0.337 e. The molecular formula is C18H21Cl2F2N5O. The van der Waals surface area contributed by atoms with Gasteiger partial charge in [-0.25, -0.2) is 0 Å². The highest BCUT2D eigenvalue weighted by atomic mass is 35.5. The summed E-state index contributed by atoms with van der Waals surface area (Å²) >= 11 is 5.80. The van der Waals surface area contributed by atoms with Gasteiger partial charge in [-0.3, -0.25) is 4.79 Å². The van der Waals surface area contributed by atoms with E-state index in [0.717, 1.165) is 30.8 Å². The second-order valence-corrected chi connectivity index (χ2v) is 7.39. The van der Waals surface area contributed by atoms with Gasteiger partial charge in [-0.1, -0.05) is 23.7 Å². The van der Waals surface area contributed by atoms with E-state index in [0.29, 0.717) is 19.4 Å².